The van der Waals surface area contributed by atoms with Crippen LogP contribution in [0.4, 0.5) is 0 Å². The number of nitrogens with zero attached hydrogens (tertiary/aromatic N) is 2. The maximum absolute atomic E-state index is 5.93. The van der Waals surface area contributed by atoms with Crippen LogP contribution in [0, 0.1) is 6.92 Å². The Morgan fingerprint density at radius 3 is 2.84 bits per heavy atom. The van der Waals surface area contributed by atoms with Crippen molar-refractivity contribution in [2.24, 2.45) is 0 Å². The highest BCUT2D eigenvalue weighted by Crippen LogP contribution is 2.26. The molecule has 19 heavy (non-hydrogen) atoms. The van der Waals surface area contributed by atoms with Gasteiger partial charge in [-0.1, -0.05) is 31.9 Å². The van der Waals surface area contributed by atoms with Crippen LogP contribution < -0.4 is 0 Å². The Morgan fingerprint density at radius 1 is 1.37 bits per heavy atom. The second-order valence-electron chi connectivity index (χ2n) is 5.27. The van der Waals surface area contributed by atoms with Gasteiger partial charge in [-0.3, -0.25) is 0 Å². The van der Waals surface area contributed by atoms with E-state index in [-0.39, 0.29) is 0 Å². The van der Waals surface area contributed by atoms with Crippen molar-refractivity contribution in [2.75, 3.05) is 5.88 Å². The summed E-state index contributed by atoms with van der Waals surface area (Å²) < 4.78 is 2.39. The normalized spacial score (nSPS) is 13.1. The van der Waals surface area contributed by atoms with E-state index in [0.717, 1.165) is 17.8 Å². The molecule has 0 amide bonds. The summed E-state index contributed by atoms with van der Waals surface area (Å²) in [5.74, 6) is 1.76. The molecule has 104 valence electrons. The number of hydrogen-bond acceptors (Lipinski definition) is 1. The summed E-state index contributed by atoms with van der Waals surface area (Å²) in [6, 6.07) is 6.91. The van der Waals surface area contributed by atoms with E-state index >= 15 is 0 Å². The Morgan fingerprint density at radius 2 is 2.16 bits per heavy atom. The van der Waals surface area contributed by atoms with Gasteiger partial charge < -0.3 is 4.57 Å². The minimum atomic E-state index is 0.491. The molecule has 0 N–H and O–H groups in total. The van der Waals surface area contributed by atoms with Gasteiger partial charge in [0, 0.05) is 18.3 Å². The summed E-state index contributed by atoms with van der Waals surface area (Å²) in [5.41, 5.74) is 3.63. The van der Waals surface area contributed by atoms with E-state index in [0.29, 0.717) is 11.9 Å². The van der Waals surface area contributed by atoms with E-state index in [1.807, 2.05) is 0 Å². The Hall–Kier alpha value is -1.02. The molecule has 1 atom stereocenters. The number of aryl methyl sites for hydroxylation is 2. The molecular formula is C16H23ClN2. The van der Waals surface area contributed by atoms with Crippen LogP contribution in [0.1, 0.15) is 50.5 Å². The first-order valence-corrected chi connectivity index (χ1v) is 7.74. The first-order chi connectivity index (χ1) is 9.19. The molecule has 0 aliphatic carbocycles. The van der Waals surface area contributed by atoms with E-state index < -0.39 is 0 Å². The minimum Gasteiger partial charge on any atom is -0.325 e. The zero-order valence-electron chi connectivity index (χ0n) is 12.1. The second-order valence-corrected chi connectivity index (χ2v) is 5.65. The van der Waals surface area contributed by atoms with Crippen LogP contribution in [0.3, 0.4) is 0 Å². The highest BCUT2D eigenvalue weighted by Gasteiger charge is 2.16. The largest absolute Gasteiger partial charge is 0.325 e. The highest BCUT2D eigenvalue weighted by atomic mass is 35.5. The van der Waals surface area contributed by atoms with Crippen molar-refractivity contribution >= 4 is 22.6 Å². The summed E-state index contributed by atoms with van der Waals surface area (Å²) in [5, 5.41) is 0. The van der Waals surface area contributed by atoms with Gasteiger partial charge in [0.15, 0.2) is 0 Å². The molecule has 0 aliphatic heterocycles. The van der Waals surface area contributed by atoms with Gasteiger partial charge in [-0.2, -0.15) is 0 Å². The van der Waals surface area contributed by atoms with E-state index in [1.165, 1.54) is 30.3 Å². The molecule has 1 aromatic heterocycles. The predicted molar refractivity (Wildman–Crippen MR) is 83.1 cm³/mol. The van der Waals surface area contributed by atoms with Crippen molar-refractivity contribution in [1.29, 1.82) is 0 Å². The SMILES string of the molecule is CCCCC(C)n1c(CCCl)nc2c(C)cccc21. The van der Waals surface area contributed by atoms with Crippen molar-refractivity contribution in [3.05, 3.63) is 29.6 Å². The lowest BCUT2D eigenvalue weighted by Crippen LogP contribution is -2.10. The quantitative estimate of drug-likeness (QED) is 0.689. The Balaban J connectivity index is 2.48. The highest BCUT2D eigenvalue weighted by molar-refractivity contribution is 6.17. The van der Waals surface area contributed by atoms with Gasteiger partial charge >= 0.3 is 0 Å². The van der Waals surface area contributed by atoms with Crippen LogP contribution in [0.25, 0.3) is 11.0 Å². The van der Waals surface area contributed by atoms with Gasteiger partial charge in [0.25, 0.3) is 0 Å². The average molecular weight is 279 g/mol. The number of unbranched alkanes of at least 4 members (excludes halogenated alkanes) is 1. The van der Waals surface area contributed by atoms with Crippen molar-refractivity contribution in [2.45, 2.75) is 52.5 Å². The third kappa shape index (κ3) is 2.94. The fourth-order valence-corrected chi connectivity index (χ4v) is 2.86. The van der Waals surface area contributed by atoms with Crippen LogP contribution in [-0.4, -0.2) is 15.4 Å². The van der Waals surface area contributed by atoms with Gasteiger partial charge in [-0.05, 0) is 31.9 Å². The smallest absolute Gasteiger partial charge is 0.111 e. The third-order valence-electron chi connectivity index (χ3n) is 3.73. The number of para-hydroxylation sites is 1. The number of rotatable bonds is 6. The minimum absolute atomic E-state index is 0.491. The van der Waals surface area contributed by atoms with E-state index in [9.17, 15) is 0 Å². The van der Waals surface area contributed by atoms with Crippen LogP contribution in [0.2, 0.25) is 0 Å². The molecule has 0 saturated heterocycles. The summed E-state index contributed by atoms with van der Waals surface area (Å²) in [6.45, 7) is 6.65. The molecule has 1 unspecified atom stereocenters. The maximum Gasteiger partial charge on any atom is 0.111 e. The zero-order valence-corrected chi connectivity index (χ0v) is 12.9. The van der Waals surface area contributed by atoms with Gasteiger partial charge in [-0.15, -0.1) is 11.6 Å². The Bertz CT molecular complexity index is 545. The molecule has 0 radical (unpaired) electrons. The van der Waals surface area contributed by atoms with E-state index in [2.05, 4.69) is 43.5 Å². The molecule has 2 rings (SSSR count). The first kappa shape index (κ1) is 14.4. The summed E-state index contributed by atoms with van der Waals surface area (Å²) >= 11 is 5.93. The van der Waals surface area contributed by atoms with Crippen molar-refractivity contribution < 1.29 is 0 Å². The molecule has 0 fully saturated rings. The van der Waals surface area contributed by atoms with Gasteiger partial charge in [0.2, 0.25) is 0 Å². The van der Waals surface area contributed by atoms with Gasteiger partial charge in [0.1, 0.15) is 5.82 Å². The van der Waals surface area contributed by atoms with Crippen LogP contribution >= 0.6 is 11.6 Å². The number of alkyl halides is 1. The first-order valence-electron chi connectivity index (χ1n) is 7.21. The zero-order chi connectivity index (χ0) is 13.8. The second kappa shape index (κ2) is 6.42. The molecule has 0 saturated carbocycles. The van der Waals surface area contributed by atoms with Crippen LogP contribution in [0.15, 0.2) is 18.2 Å². The molecule has 0 aliphatic rings. The molecular weight excluding hydrogens is 256 g/mol. The fourth-order valence-electron chi connectivity index (χ4n) is 2.69. The molecule has 2 aromatic rings. The number of hydrogen-bond donors (Lipinski definition) is 0. The van der Waals surface area contributed by atoms with Crippen molar-refractivity contribution in [3.8, 4) is 0 Å². The predicted octanol–water partition coefficient (Wildman–Crippen LogP) is 4.88. The van der Waals surface area contributed by atoms with E-state index in [4.69, 9.17) is 16.6 Å². The standard InChI is InChI=1S/C16H23ClN2/c1-4-5-8-13(3)19-14-9-6-7-12(2)16(14)18-15(19)10-11-17/h6-7,9,13H,4-5,8,10-11H2,1-3H3. The monoisotopic (exact) mass is 278 g/mol. The van der Waals surface area contributed by atoms with Crippen molar-refractivity contribution in [3.63, 3.8) is 0 Å². The fraction of sp³-hybridized carbons (Fsp3) is 0.562. The lowest BCUT2D eigenvalue weighted by Gasteiger charge is -2.17. The average Bonchev–Trinajstić information content (AvgIpc) is 2.76. The summed E-state index contributed by atoms with van der Waals surface area (Å²) in [7, 11) is 0. The molecule has 0 spiro atoms. The van der Waals surface area contributed by atoms with Crippen LogP contribution in [-0.2, 0) is 6.42 Å². The Labute approximate surface area is 120 Å². The topological polar surface area (TPSA) is 17.8 Å². The molecule has 3 heteroatoms. The number of halogens is 1. The van der Waals surface area contributed by atoms with Gasteiger partial charge in [0.05, 0.1) is 11.0 Å². The summed E-state index contributed by atoms with van der Waals surface area (Å²) in [6.07, 6.45) is 4.53. The third-order valence-corrected chi connectivity index (χ3v) is 3.92. The van der Waals surface area contributed by atoms with Crippen LogP contribution in [0.5, 0.6) is 0 Å². The molecule has 1 aromatic carbocycles. The maximum atomic E-state index is 5.93. The number of imidazole rings is 1. The van der Waals surface area contributed by atoms with Gasteiger partial charge in [-0.25, -0.2) is 4.98 Å². The lowest BCUT2D eigenvalue weighted by molar-refractivity contribution is 0.482. The number of fused-ring (bicyclic) bond motifs is 1. The summed E-state index contributed by atoms with van der Waals surface area (Å²) in [4.78, 5) is 4.81. The molecule has 1 heterocycles. The van der Waals surface area contributed by atoms with E-state index in [1.54, 1.807) is 0 Å². The molecule has 0 bridgehead atoms. The number of benzene rings is 1. The number of aromatic nitrogens is 2. The Kier molecular flexibility index (Phi) is 4.87. The van der Waals surface area contributed by atoms with Crippen molar-refractivity contribution in [1.82, 2.24) is 9.55 Å². The molecule has 2 nitrogen and oxygen atoms in total. The lowest BCUT2D eigenvalue weighted by atomic mass is 10.1.